The zero-order valence-corrected chi connectivity index (χ0v) is 9.33. The summed E-state index contributed by atoms with van der Waals surface area (Å²) in [7, 11) is 1.97. The van der Waals surface area contributed by atoms with E-state index in [0.717, 1.165) is 29.8 Å². The zero-order valence-electron chi connectivity index (χ0n) is 8.57. The molecule has 0 aliphatic heterocycles. The summed E-state index contributed by atoms with van der Waals surface area (Å²) >= 11 is 5.61. The molecule has 0 saturated carbocycles. The highest BCUT2D eigenvalue weighted by Gasteiger charge is 2.05. The number of rotatable bonds is 4. The van der Waals surface area contributed by atoms with Crippen LogP contribution in [0.4, 0.5) is 5.82 Å². The third-order valence-electron chi connectivity index (χ3n) is 2.25. The van der Waals surface area contributed by atoms with Crippen molar-refractivity contribution in [1.82, 2.24) is 14.5 Å². The Labute approximate surface area is 93.3 Å². The predicted octanol–water partition coefficient (Wildman–Crippen LogP) is 2.01. The van der Waals surface area contributed by atoms with Gasteiger partial charge in [-0.3, -0.25) is 0 Å². The lowest BCUT2D eigenvalue weighted by molar-refractivity contribution is 0.947. The Hall–Kier alpha value is -1.29. The highest BCUT2D eigenvalue weighted by atomic mass is 35.5. The molecule has 0 bridgehead atoms. The van der Waals surface area contributed by atoms with Gasteiger partial charge in [0.05, 0.1) is 11.8 Å². The smallest absolute Gasteiger partial charge is 0.154 e. The van der Waals surface area contributed by atoms with Crippen LogP contribution in [0.2, 0.25) is 0 Å². The van der Waals surface area contributed by atoms with Gasteiger partial charge in [0.1, 0.15) is 5.52 Å². The van der Waals surface area contributed by atoms with E-state index in [4.69, 9.17) is 11.6 Å². The van der Waals surface area contributed by atoms with Crippen molar-refractivity contribution in [3.8, 4) is 0 Å². The molecule has 0 atom stereocenters. The molecule has 0 fully saturated rings. The maximum Gasteiger partial charge on any atom is 0.154 e. The van der Waals surface area contributed by atoms with Gasteiger partial charge in [0.25, 0.3) is 0 Å². The Balaban J connectivity index is 2.26. The van der Waals surface area contributed by atoms with Crippen molar-refractivity contribution in [1.29, 1.82) is 0 Å². The Morgan fingerprint density at radius 1 is 1.47 bits per heavy atom. The number of imidazole rings is 1. The summed E-state index contributed by atoms with van der Waals surface area (Å²) in [5.41, 5.74) is 1.99. The first-order valence-electron chi connectivity index (χ1n) is 4.89. The number of hydrogen-bond donors (Lipinski definition) is 1. The third-order valence-corrected chi connectivity index (χ3v) is 2.51. The van der Waals surface area contributed by atoms with E-state index in [-0.39, 0.29) is 0 Å². The van der Waals surface area contributed by atoms with Crippen molar-refractivity contribution in [2.45, 2.75) is 6.42 Å². The number of pyridine rings is 1. The van der Waals surface area contributed by atoms with E-state index in [1.165, 1.54) is 0 Å². The monoisotopic (exact) mass is 224 g/mol. The van der Waals surface area contributed by atoms with Gasteiger partial charge < -0.3 is 9.88 Å². The van der Waals surface area contributed by atoms with Crippen LogP contribution in [-0.4, -0.2) is 27.0 Å². The van der Waals surface area contributed by atoms with E-state index >= 15 is 0 Å². The summed E-state index contributed by atoms with van der Waals surface area (Å²) in [5, 5.41) is 3.23. The van der Waals surface area contributed by atoms with Crippen LogP contribution >= 0.6 is 11.6 Å². The second-order valence-corrected chi connectivity index (χ2v) is 3.73. The molecule has 2 aromatic rings. The molecule has 5 heteroatoms. The van der Waals surface area contributed by atoms with E-state index in [0.29, 0.717) is 5.88 Å². The maximum atomic E-state index is 5.61. The Bertz CT molecular complexity index is 452. The first-order chi connectivity index (χ1) is 7.33. The molecular weight excluding hydrogens is 212 g/mol. The van der Waals surface area contributed by atoms with Gasteiger partial charge in [-0.15, -0.1) is 11.6 Å². The summed E-state index contributed by atoms with van der Waals surface area (Å²) in [4.78, 5) is 8.56. The molecule has 2 rings (SSSR count). The normalized spacial score (nSPS) is 10.8. The molecule has 2 heterocycles. The first kappa shape index (κ1) is 10.2. The summed E-state index contributed by atoms with van der Waals surface area (Å²) in [6.45, 7) is 0.826. The summed E-state index contributed by atoms with van der Waals surface area (Å²) in [6, 6.07) is 1.95. The van der Waals surface area contributed by atoms with Gasteiger partial charge >= 0.3 is 0 Å². The average molecular weight is 225 g/mol. The zero-order chi connectivity index (χ0) is 10.7. The number of aromatic nitrogens is 3. The van der Waals surface area contributed by atoms with E-state index in [2.05, 4.69) is 15.3 Å². The van der Waals surface area contributed by atoms with Crippen molar-refractivity contribution in [3.63, 3.8) is 0 Å². The van der Waals surface area contributed by atoms with Crippen LogP contribution < -0.4 is 5.32 Å². The molecular formula is C10H13ClN4. The van der Waals surface area contributed by atoms with Crippen LogP contribution in [0.15, 0.2) is 18.6 Å². The van der Waals surface area contributed by atoms with E-state index in [9.17, 15) is 0 Å². The second-order valence-electron chi connectivity index (χ2n) is 3.35. The highest BCUT2D eigenvalue weighted by molar-refractivity contribution is 6.17. The fourth-order valence-electron chi connectivity index (χ4n) is 1.47. The molecule has 80 valence electrons. The molecule has 0 saturated heterocycles. The highest BCUT2D eigenvalue weighted by Crippen LogP contribution is 2.18. The minimum absolute atomic E-state index is 0.658. The van der Waals surface area contributed by atoms with E-state index in [1.807, 2.05) is 17.7 Å². The van der Waals surface area contributed by atoms with Crippen molar-refractivity contribution < 1.29 is 0 Å². The van der Waals surface area contributed by atoms with Crippen molar-refractivity contribution in [2.24, 2.45) is 7.05 Å². The fourth-order valence-corrected chi connectivity index (χ4v) is 1.60. The molecule has 0 aliphatic rings. The Morgan fingerprint density at radius 3 is 3.13 bits per heavy atom. The third kappa shape index (κ3) is 2.04. The summed E-state index contributed by atoms with van der Waals surface area (Å²) in [5.74, 6) is 1.49. The van der Waals surface area contributed by atoms with Gasteiger partial charge in [-0.25, -0.2) is 9.97 Å². The number of aryl methyl sites for hydroxylation is 1. The van der Waals surface area contributed by atoms with Gasteiger partial charge in [0.15, 0.2) is 5.82 Å². The first-order valence-corrected chi connectivity index (χ1v) is 5.42. The van der Waals surface area contributed by atoms with Crippen molar-refractivity contribution >= 4 is 28.5 Å². The van der Waals surface area contributed by atoms with Crippen LogP contribution in [0.25, 0.3) is 11.0 Å². The number of fused-ring (bicyclic) bond motifs is 1. The quantitative estimate of drug-likeness (QED) is 0.638. The molecule has 1 N–H and O–H groups in total. The largest absolute Gasteiger partial charge is 0.368 e. The van der Waals surface area contributed by atoms with Crippen LogP contribution in [0.3, 0.4) is 0 Å². The molecule has 15 heavy (non-hydrogen) atoms. The van der Waals surface area contributed by atoms with Gasteiger partial charge in [-0.05, 0) is 12.5 Å². The molecule has 0 unspecified atom stereocenters. The minimum Gasteiger partial charge on any atom is -0.368 e. The molecule has 0 spiro atoms. The van der Waals surface area contributed by atoms with Gasteiger partial charge in [0.2, 0.25) is 0 Å². The lowest BCUT2D eigenvalue weighted by Crippen LogP contribution is -2.04. The van der Waals surface area contributed by atoms with Crippen LogP contribution in [-0.2, 0) is 7.05 Å². The van der Waals surface area contributed by atoms with E-state index < -0.39 is 0 Å². The fraction of sp³-hybridized carbons (Fsp3) is 0.400. The summed E-state index contributed by atoms with van der Waals surface area (Å²) < 4.78 is 1.98. The van der Waals surface area contributed by atoms with Gasteiger partial charge in [-0.2, -0.15) is 0 Å². The molecule has 0 radical (unpaired) electrons. The second kappa shape index (κ2) is 4.49. The number of hydrogen-bond acceptors (Lipinski definition) is 3. The molecule has 2 aromatic heterocycles. The van der Waals surface area contributed by atoms with Crippen LogP contribution in [0, 0.1) is 0 Å². The standard InChI is InChI=1S/C10H13ClN4/c1-15-7-14-9-8(15)3-6-13-10(9)12-5-2-4-11/h3,6-7H,2,4-5H2,1H3,(H,12,13). The lowest BCUT2D eigenvalue weighted by Gasteiger charge is -2.04. The van der Waals surface area contributed by atoms with Crippen molar-refractivity contribution in [2.75, 3.05) is 17.7 Å². The van der Waals surface area contributed by atoms with Crippen molar-refractivity contribution in [3.05, 3.63) is 18.6 Å². The number of nitrogens with zero attached hydrogens (tertiary/aromatic N) is 3. The lowest BCUT2D eigenvalue weighted by atomic mass is 10.3. The van der Waals surface area contributed by atoms with Crippen LogP contribution in [0.1, 0.15) is 6.42 Å². The Morgan fingerprint density at radius 2 is 2.33 bits per heavy atom. The Kier molecular flexibility index (Phi) is 3.06. The number of alkyl halides is 1. The van der Waals surface area contributed by atoms with Crippen LogP contribution in [0.5, 0.6) is 0 Å². The van der Waals surface area contributed by atoms with E-state index in [1.54, 1.807) is 12.5 Å². The summed E-state index contributed by atoms with van der Waals surface area (Å²) in [6.07, 6.45) is 4.50. The molecule has 4 nitrogen and oxygen atoms in total. The van der Waals surface area contributed by atoms with Gasteiger partial charge in [0, 0.05) is 25.7 Å². The number of halogens is 1. The molecule has 0 aromatic carbocycles. The molecule has 0 amide bonds. The topological polar surface area (TPSA) is 42.7 Å². The SMILES string of the molecule is Cn1cnc2c(NCCCCl)nccc21. The average Bonchev–Trinajstić information content (AvgIpc) is 2.62. The number of nitrogens with one attached hydrogen (secondary N) is 1. The molecule has 0 aliphatic carbocycles. The number of anilines is 1. The van der Waals surface area contributed by atoms with Gasteiger partial charge in [-0.1, -0.05) is 0 Å². The predicted molar refractivity (Wildman–Crippen MR) is 62.3 cm³/mol. The maximum absolute atomic E-state index is 5.61. The minimum atomic E-state index is 0.658.